The maximum Gasteiger partial charge on any atom is 0.282 e. The predicted octanol–water partition coefficient (Wildman–Crippen LogP) is 3.13. The molecule has 1 aliphatic carbocycles. The van der Waals surface area contributed by atoms with E-state index in [0.29, 0.717) is 17.7 Å². The van der Waals surface area contributed by atoms with Crippen LogP contribution in [-0.2, 0) is 16.7 Å². The van der Waals surface area contributed by atoms with E-state index in [2.05, 4.69) is 9.98 Å². The van der Waals surface area contributed by atoms with Crippen molar-refractivity contribution in [1.82, 2.24) is 4.98 Å². The Labute approximate surface area is 155 Å². The lowest BCUT2D eigenvalue weighted by Crippen LogP contribution is -2.43. The Morgan fingerprint density at radius 2 is 2.04 bits per heavy atom. The molecular formula is C20H19F2N3O2. The largest absolute Gasteiger partial charge is 0.465 e. The molecule has 1 spiro atoms. The normalized spacial score (nSPS) is 22.9. The average molecular weight is 371 g/mol. The molecular weight excluding hydrogens is 352 g/mol. The summed E-state index contributed by atoms with van der Waals surface area (Å²) >= 11 is 0. The van der Waals surface area contributed by atoms with Gasteiger partial charge < -0.3 is 10.5 Å². The molecule has 1 aliphatic heterocycles. The molecule has 2 aromatic rings. The number of ketones is 1. The van der Waals surface area contributed by atoms with Crippen molar-refractivity contribution >= 4 is 11.8 Å². The second kappa shape index (κ2) is 6.11. The summed E-state index contributed by atoms with van der Waals surface area (Å²) in [6.07, 6.45) is 2.79. The van der Waals surface area contributed by atoms with Crippen molar-refractivity contribution in [2.75, 3.05) is 6.61 Å². The maximum absolute atomic E-state index is 14.7. The highest BCUT2D eigenvalue weighted by Gasteiger charge is 2.61. The Bertz CT molecular complexity index is 939. The summed E-state index contributed by atoms with van der Waals surface area (Å²) in [7, 11) is 0. The van der Waals surface area contributed by atoms with Crippen molar-refractivity contribution in [3.8, 4) is 0 Å². The first-order chi connectivity index (χ1) is 12.8. The number of amidine groups is 1. The van der Waals surface area contributed by atoms with Crippen LogP contribution in [0.3, 0.4) is 0 Å². The summed E-state index contributed by atoms with van der Waals surface area (Å²) in [4.78, 5) is 20.7. The topological polar surface area (TPSA) is 77.6 Å². The molecule has 27 heavy (non-hydrogen) atoms. The third-order valence-electron chi connectivity index (χ3n) is 5.65. The summed E-state index contributed by atoms with van der Waals surface area (Å²) in [6.45, 7) is 2.27. The van der Waals surface area contributed by atoms with E-state index in [-0.39, 0.29) is 29.3 Å². The monoisotopic (exact) mass is 371 g/mol. The molecule has 5 nitrogen and oxygen atoms in total. The van der Waals surface area contributed by atoms with Gasteiger partial charge in [0, 0.05) is 17.4 Å². The number of aromatic nitrogens is 1. The molecule has 1 saturated carbocycles. The Morgan fingerprint density at radius 3 is 2.70 bits per heavy atom. The van der Waals surface area contributed by atoms with Crippen molar-refractivity contribution in [3.63, 3.8) is 0 Å². The van der Waals surface area contributed by atoms with Crippen molar-refractivity contribution in [1.29, 1.82) is 0 Å². The number of benzene rings is 1. The van der Waals surface area contributed by atoms with E-state index in [1.54, 1.807) is 12.1 Å². The van der Waals surface area contributed by atoms with E-state index < -0.39 is 17.2 Å². The number of Topliss-reactive ketones (excluding diaryl/α,β-unsaturated/α-hetero) is 1. The predicted molar refractivity (Wildman–Crippen MR) is 95.2 cm³/mol. The summed E-state index contributed by atoms with van der Waals surface area (Å²) < 4.78 is 33.1. The molecule has 2 N–H and O–H groups in total. The van der Waals surface area contributed by atoms with E-state index in [4.69, 9.17) is 10.5 Å². The number of nitrogens with zero attached hydrogens (tertiary/aromatic N) is 2. The van der Waals surface area contributed by atoms with Crippen LogP contribution in [0.5, 0.6) is 0 Å². The fourth-order valence-electron chi connectivity index (χ4n) is 3.72. The van der Waals surface area contributed by atoms with Crippen LogP contribution in [0, 0.1) is 17.0 Å². The molecule has 0 amide bonds. The van der Waals surface area contributed by atoms with Crippen LogP contribution in [-0.4, -0.2) is 23.4 Å². The molecule has 4 rings (SSSR count). The van der Waals surface area contributed by atoms with Crippen molar-refractivity contribution in [2.45, 2.75) is 31.7 Å². The number of pyridine rings is 1. The molecule has 0 unspecified atom stereocenters. The number of aliphatic imine (C=N–C) groups is 1. The smallest absolute Gasteiger partial charge is 0.282 e. The van der Waals surface area contributed by atoms with E-state index in [9.17, 15) is 13.6 Å². The van der Waals surface area contributed by atoms with Gasteiger partial charge in [-0.05, 0) is 49.6 Å². The van der Waals surface area contributed by atoms with Gasteiger partial charge in [0.25, 0.3) is 6.02 Å². The van der Waals surface area contributed by atoms with Gasteiger partial charge in [-0.1, -0.05) is 6.07 Å². The number of carbonyl (C=O) groups is 1. The van der Waals surface area contributed by atoms with E-state index in [0.717, 1.165) is 19.0 Å². The van der Waals surface area contributed by atoms with E-state index >= 15 is 0 Å². The number of hydrogen-bond donors (Lipinski definition) is 1. The third kappa shape index (κ3) is 2.97. The lowest BCUT2D eigenvalue weighted by molar-refractivity contribution is 0.0987. The van der Waals surface area contributed by atoms with Gasteiger partial charge in [-0.2, -0.15) is 0 Å². The Morgan fingerprint density at radius 1 is 1.26 bits per heavy atom. The lowest BCUT2D eigenvalue weighted by atomic mass is 9.76. The Hall–Kier alpha value is -2.83. The zero-order valence-corrected chi connectivity index (χ0v) is 14.8. The molecule has 0 bridgehead atoms. The fourth-order valence-corrected chi connectivity index (χ4v) is 3.72. The molecule has 1 fully saturated rings. The summed E-state index contributed by atoms with van der Waals surface area (Å²) in [5.74, 6) is -1.17. The number of rotatable bonds is 4. The second-order valence-electron chi connectivity index (χ2n) is 7.37. The molecule has 1 aromatic carbocycles. The number of hydrogen-bond acceptors (Lipinski definition) is 5. The fraction of sp³-hybridized carbons (Fsp3) is 0.350. The van der Waals surface area contributed by atoms with Crippen molar-refractivity contribution in [2.24, 2.45) is 16.1 Å². The highest BCUT2D eigenvalue weighted by atomic mass is 19.1. The number of nitrogens with two attached hydrogens (primary N) is 1. The van der Waals surface area contributed by atoms with Crippen LogP contribution in [0.4, 0.5) is 8.78 Å². The SMILES string of the molecule is C[C@]1(c2cc(CC(=O)c3ccc(F)cn3)ccc2F)N=C(N)OCC12CC2. The van der Waals surface area contributed by atoms with Gasteiger partial charge in [0.1, 0.15) is 17.3 Å². The van der Waals surface area contributed by atoms with Crippen molar-refractivity contribution < 1.29 is 18.3 Å². The zero-order valence-electron chi connectivity index (χ0n) is 14.8. The summed E-state index contributed by atoms with van der Waals surface area (Å²) in [5.41, 5.74) is 5.87. The molecule has 0 saturated heterocycles. The van der Waals surface area contributed by atoms with E-state index in [1.165, 1.54) is 18.2 Å². The second-order valence-corrected chi connectivity index (χ2v) is 7.37. The van der Waals surface area contributed by atoms with Crippen LogP contribution < -0.4 is 5.73 Å². The molecule has 1 atom stereocenters. The molecule has 140 valence electrons. The number of ether oxygens (including phenoxy) is 1. The summed E-state index contributed by atoms with van der Waals surface area (Å²) in [5, 5.41) is 0. The highest BCUT2D eigenvalue weighted by molar-refractivity contribution is 5.95. The van der Waals surface area contributed by atoms with Crippen LogP contribution in [0.1, 0.15) is 41.4 Å². The van der Waals surface area contributed by atoms with Gasteiger partial charge in [-0.25, -0.2) is 13.8 Å². The van der Waals surface area contributed by atoms with Gasteiger partial charge in [-0.3, -0.25) is 9.78 Å². The van der Waals surface area contributed by atoms with Crippen LogP contribution in [0.25, 0.3) is 0 Å². The zero-order chi connectivity index (χ0) is 19.2. The highest BCUT2D eigenvalue weighted by Crippen LogP contribution is 2.62. The van der Waals surface area contributed by atoms with Gasteiger partial charge in [0.15, 0.2) is 5.78 Å². The first-order valence-electron chi connectivity index (χ1n) is 8.75. The first kappa shape index (κ1) is 17.6. The minimum absolute atomic E-state index is 0.0324. The quantitative estimate of drug-likeness (QED) is 0.838. The van der Waals surface area contributed by atoms with Crippen LogP contribution in [0.2, 0.25) is 0 Å². The Balaban J connectivity index is 1.67. The van der Waals surface area contributed by atoms with Crippen molar-refractivity contribution in [3.05, 3.63) is 65.0 Å². The van der Waals surface area contributed by atoms with Gasteiger partial charge in [0.2, 0.25) is 0 Å². The first-order valence-corrected chi connectivity index (χ1v) is 8.75. The number of carbonyl (C=O) groups excluding carboxylic acids is 1. The van der Waals surface area contributed by atoms with E-state index in [1.807, 2.05) is 6.92 Å². The van der Waals surface area contributed by atoms with Crippen LogP contribution >= 0.6 is 0 Å². The minimum atomic E-state index is -0.841. The molecule has 0 radical (unpaired) electrons. The molecule has 7 heteroatoms. The third-order valence-corrected chi connectivity index (χ3v) is 5.65. The minimum Gasteiger partial charge on any atom is -0.465 e. The average Bonchev–Trinajstić information content (AvgIpc) is 3.42. The maximum atomic E-state index is 14.7. The summed E-state index contributed by atoms with van der Waals surface area (Å²) in [6, 6.07) is 7.15. The molecule has 2 aliphatic rings. The van der Waals surface area contributed by atoms with Gasteiger partial charge in [-0.15, -0.1) is 0 Å². The number of halogens is 2. The van der Waals surface area contributed by atoms with Gasteiger partial charge >= 0.3 is 0 Å². The standard InChI is InChI=1S/C20H19F2N3O2/c1-19(20(6-7-20)11-27-18(23)25-19)14-8-12(2-4-15(14)22)9-17(26)16-5-3-13(21)10-24-16/h2-5,8,10H,6-7,9,11H2,1H3,(H2,23,25)/t19-/m1/s1. The molecule has 1 aromatic heterocycles. The lowest BCUT2D eigenvalue weighted by Gasteiger charge is -2.38. The van der Waals surface area contributed by atoms with Gasteiger partial charge in [0.05, 0.1) is 18.3 Å². The van der Waals surface area contributed by atoms with Crippen LogP contribution in [0.15, 0.2) is 41.5 Å². The Kier molecular flexibility index (Phi) is 3.98. The molecule has 2 heterocycles.